The molecule has 0 bridgehead atoms. The van der Waals surface area contributed by atoms with Gasteiger partial charge in [-0.15, -0.1) is 0 Å². The summed E-state index contributed by atoms with van der Waals surface area (Å²) in [6.45, 7) is 15.4. The van der Waals surface area contributed by atoms with Crippen molar-refractivity contribution >= 4 is 0 Å². The normalized spacial score (nSPS) is 46.7. The van der Waals surface area contributed by atoms with Crippen LogP contribution in [-0.2, 0) is 0 Å². The molecule has 9 atom stereocenters. The van der Waals surface area contributed by atoms with E-state index in [2.05, 4.69) is 41.5 Å². The van der Waals surface area contributed by atoms with Crippen LogP contribution in [0.3, 0.4) is 0 Å². The minimum absolute atomic E-state index is 0.665. The molecule has 0 N–H and O–H groups in total. The molecule has 4 rings (SSSR count). The molecule has 0 unspecified atom stereocenters. The van der Waals surface area contributed by atoms with Gasteiger partial charge in [-0.3, -0.25) is 0 Å². The first-order valence-electron chi connectivity index (χ1n) is 13.8. The summed E-state index contributed by atoms with van der Waals surface area (Å²) in [6.07, 6.45) is 19.8. The maximum absolute atomic E-state index is 2.76. The van der Waals surface area contributed by atoms with E-state index in [1.165, 1.54) is 32.1 Å². The van der Waals surface area contributed by atoms with Crippen molar-refractivity contribution in [2.75, 3.05) is 0 Å². The Morgan fingerprint density at radius 1 is 0.759 bits per heavy atom. The third-order valence-corrected chi connectivity index (χ3v) is 11.8. The molecule has 4 fully saturated rings. The van der Waals surface area contributed by atoms with Crippen molar-refractivity contribution in [3.05, 3.63) is 0 Å². The molecule has 0 spiro atoms. The summed E-state index contributed by atoms with van der Waals surface area (Å²) < 4.78 is 0. The van der Waals surface area contributed by atoms with Crippen LogP contribution in [0.1, 0.15) is 125 Å². The van der Waals surface area contributed by atoms with Gasteiger partial charge in [0.05, 0.1) is 0 Å². The van der Waals surface area contributed by atoms with E-state index < -0.39 is 0 Å². The highest BCUT2D eigenvalue weighted by Crippen LogP contribution is 2.68. The monoisotopic (exact) mass is 400 g/mol. The van der Waals surface area contributed by atoms with Crippen molar-refractivity contribution in [2.24, 2.45) is 58.2 Å². The fourth-order valence-electron chi connectivity index (χ4n) is 9.96. The van der Waals surface area contributed by atoms with Crippen LogP contribution in [0.25, 0.3) is 0 Å². The lowest BCUT2D eigenvalue weighted by molar-refractivity contribution is -0.114. The Kier molecular flexibility index (Phi) is 6.51. The zero-order chi connectivity index (χ0) is 20.8. The quantitative estimate of drug-likeness (QED) is 0.417. The number of hydrogen-bond donors (Lipinski definition) is 0. The van der Waals surface area contributed by atoms with E-state index in [1.54, 1.807) is 51.4 Å². The molecule has 4 aliphatic rings. The van der Waals surface area contributed by atoms with Gasteiger partial charge in [0, 0.05) is 0 Å². The van der Waals surface area contributed by atoms with Crippen molar-refractivity contribution < 1.29 is 0 Å². The van der Waals surface area contributed by atoms with Crippen molar-refractivity contribution in [3.8, 4) is 0 Å². The first kappa shape index (κ1) is 22.2. The van der Waals surface area contributed by atoms with Gasteiger partial charge in [-0.25, -0.2) is 0 Å². The van der Waals surface area contributed by atoms with E-state index >= 15 is 0 Å². The standard InChI is InChI=1S/C29H52/c1-7-22(20(2)3)12-11-21(4)25-15-16-26-24-14-13-23-10-8-9-18-28(23,5)27(24)17-19-29(25,26)6/h20-27H,7-19H2,1-6H3/t21-,22-,23+,24+,25-,26+,27+,28+,29-/m1/s1. The first-order chi connectivity index (χ1) is 13.8. The van der Waals surface area contributed by atoms with Gasteiger partial charge < -0.3 is 0 Å². The summed E-state index contributed by atoms with van der Waals surface area (Å²) in [5, 5.41) is 0. The van der Waals surface area contributed by atoms with E-state index in [4.69, 9.17) is 0 Å². The Balaban J connectivity index is 1.45. The average molecular weight is 401 g/mol. The van der Waals surface area contributed by atoms with Crippen LogP contribution in [0.2, 0.25) is 0 Å². The molecule has 0 heteroatoms. The molecular weight excluding hydrogens is 348 g/mol. The second kappa shape index (κ2) is 8.50. The number of fused-ring (bicyclic) bond motifs is 5. The molecule has 0 heterocycles. The maximum Gasteiger partial charge on any atom is -0.0264 e. The first-order valence-corrected chi connectivity index (χ1v) is 13.8. The van der Waals surface area contributed by atoms with E-state index in [-0.39, 0.29) is 0 Å². The van der Waals surface area contributed by atoms with Crippen LogP contribution >= 0.6 is 0 Å². The molecule has 168 valence electrons. The summed E-state index contributed by atoms with van der Waals surface area (Å²) in [5.74, 6) is 8.02. The predicted octanol–water partition coefficient (Wildman–Crippen LogP) is 9.13. The van der Waals surface area contributed by atoms with E-state index in [9.17, 15) is 0 Å². The number of rotatable bonds is 6. The third-order valence-electron chi connectivity index (χ3n) is 11.8. The zero-order valence-electron chi connectivity index (χ0n) is 20.8. The molecule has 4 aliphatic carbocycles. The summed E-state index contributed by atoms with van der Waals surface area (Å²) >= 11 is 0. The van der Waals surface area contributed by atoms with Gasteiger partial charge in [-0.1, -0.05) is 67.2 Å². The van der Waals surface area contributed by atoms with Gasteiger partial charge in [-0.05, 0) is 116 Å². The van der Waals surface area contributed by atoms with Crippen molar-refractivity contribution in [1.82, 2.24) is 0 Å². The Hall–Kier alpha value is 0. The van der Waals surface area contributed by atoms with E-state index in [1.807, 2.05) is 0 Å². The van der Waals surface area contributed by atoms with Crippen molar-refractivity contribution in [1.29, 1.82) is 0 Å². The van der Waals surface area contributed by atoms with Crippen LogP contribution in [0, 0.1) is 58.2 Å². The summed E-state index contributed by atoms with van der Waals surface area (Å²) in [6, 6.07) is 0. The fourth-order valence-corrected chi connectivity index (χ4v) is 9.96. The van der Waals surface area contributed by atoms with E-state index in [0.717, 1.165) is 47.3 Å². The molecule has 29 heavy (non-hydrogen) atoms. The second-order valence-corrected chi connectivity index (χ2v) is 13.1. The van der Waals surface area contributed by atoms with Gasteiger partial charge in [0.2, 0.25) is 0 Å². The van der Waals surface area contributed by atoms with Crippen molar-refractivity contribution in [2.45, 2.75) is 125 Å². The van der Waals surface area contributed by atoms with Gasteiger partial charge in [-0.2, -0.15) is 0 Å². The summed E-state index contributed by atoms with van der Waals surface area (Å²) in [4.78, 5) is 0. The minimum atomic E-state index is 0.665. The highest BCUT2D eigenvalue weighted by Gasteiger charge is 2.60. The maximum atomic E-state index is 2.76. The van der Waals surface area contributed by atoms with Crippen LogP contribution in [-0.4, -0.2) is 0 Å². The van der Waals surface area contributed by atoms with Crippen LogP contribution < -0.4 is 0 Å². The lowest BCUT2D eigenvalue weighted by atomic mass is 9.44. The summed E-state index contributed by atoms with van der Waals surface area (Å²) in [5.41, 5.74) is 1.37. The molecule has 0 aromatic rings. The highest BCUT2D eigenvalue weighted by atomic mass is 14.6. The minimum Gasteiger partial charge on any atom is -0.0651 e. The fraction of sp³-hybridized carbons (Fsp3) is 1.00. The van der Waals surface area contributed by atoms with E-state index in [0.29, 0.717) is 10.8 Å². The van der Waals surface area contributed by atoms with Gasteiger partial charge in [0.15, 0.2) is 0 Å². The molecule has 4 saturated carbocycles. The predicted molar refractivity (Wildman–Crippen MR) is 127 cm³/mol. The Labute approximate surface area is 183 Å². The SMILES string of the molecule is CC[C@H](CC[C@@H](C)[C@H]1CC[C@H]2[C@@H]3CC[C@@H]4CCCC[C@]4(C)[C@H]3CC[C@]12C)C(C)C. The average Bonchev–Trinajstić information content (AvgIpc) is 3.05. The zero-order valence-corrected chi connectivity index (χ0v) is 20.8. The molecular formula is C29H52. The topological polar surface area (TPSA) is 0 Å². The van der Waals surface area contributed by atoms with Gasteiger partial charge in [0.25, 0.3) is 0 Å². The van der Waals surface area contributed by atoms with Crippen LogP contribution in [0.15, 0.2) is 0 Å². The largest absolute Gasteiger partial charge is 0.0651 e. The molecule has 0 amide bonds. The Morgan fingerprint density at radius 3 is 2.24 bits per heavy atom. The van der Waals surface area contributed by atoms with Crippen LogP contribution in [0.5, 0.6) is 0 Å². The molecule has 0 aromatic carbocycles. The lowest BCUT2D eigenvalue weighted by Gasteiger charge is -2.61. The Morgan fingerprint density at radius 2 is 1.52 bits per heavy atom. The Bertz CT molecular complexity index is 548. The molecule has 0 radical (unpaired) electrons. The second-order valence-electron chi connectivity index (χ2n) is 13.1. The third kappa shape index (κ3) is 3.75. The highest BCUT2D eigenvalue weighted by molar-refractivity contribution is 5.09. The smallest absolute Gasteiger partial charge is 0.0264 e. The molecule has 0 nitrogen and oxygen atoms in total. The molecule has 0 saturated heterocycles. The van der Waals surface area contributed by atoms with Crippen molar-refractivity contribution in [3.63, 3.8) is 0 Å². The molecule has 0 aliphatic heterocycles. The van der Waals surface area contributed by atoms with Crippen LogP contribution in [0.4, 0.5) is 0 Å². The lowest BCUT2D eigenvalue weighted by Crippen LogP contribution is -2.53. The van der Waals surface area contributed by atoms with Gasteiger partial charge >= 0.3 is 0 Å². The molecule has 0 aromatic heterocycles. The summed E-state index contributed by atoms with van der Waals surface area (Å²) in [7, 11) is 0. The number of hydrogen-bond acceptors (Lipinski definition) is 0. The van der Waals surface area contributed by atoms with Gasteiger partial charge in [0.1, 0.15) is 0 Å².